The first-order chi connectivity index (χ1) is 9.86. The Kier molecular flexibility index (Phi) is 4.43. The third-order valence-electron chi connectivity index (χ3n) is 2.87. The van der Waals surface area contributed by atoms with Gasteiger partial charge in [0.1, 0.15) is 5.15 Å². The number of phenolic OH excluding ortho intramolecular Hbond substituents is 1. The van der Waals surface area contributed by atoms with Gasteiger partial charge in [-0.15, -0.1) is 0 Å². The molecule has 4 nitrogen and oxygen atoms in total. The van der Waals surface area contributed by atoms with E-state index in [4.69, 9.17) is 16.7 Å². The van der Waals surface area contributed by atoms with Gasteiger partial charge in [0.25, 0.3) is 5.91 Å². The number of anilines is 1. The number of amides is 1. The topological polar surface area (TPSA) is 62.2 Å². The summed E-state index contributed by atoms with van der Waals surface area (Å²) in [6.45, 7) is 3.88. The van der Waals surface area contributed by atoms with Crippen molar-refractivity contribution in [1.82, 2.24) is 4.98 Å². The molecular formula is C15H14ClFN2O2. The minimum Gasteiger partial charge on any atom is -0.505 e. The Balaban J connectivity index is 2.25. The minimum absolute atomic E-state index is 0.126. The largest absolute Gasteiger partial charge is 0.505 e. The highest BCUT2D eigenvalue weighted by atomic mass is 35.5. The van der Waals surface area contributed by atoms with Crippen LogP contribution in [0.4, 0.5) is 10.1 Å². The number of hydrogen-bond donors (Lipinski definition) is 2. The Labute approximate surface area is 126 Å². The molecule has 0 unspecified atom stereocenters. The summed E-state index contributed by atoms with van der Waals surface area (Å²) in [6.07, 6.45) is 0. The van der Waals surface area contributed by atoms with Gasteiger partial charge in [-0.1, -0.05) is 25.4 Å². The zero-order valence-corrected chi connectivity index (χ0v) is 12.3. The highest BCUT2D eigenvalue weighted by molar-refractivity contribution is 6.29. The lowest BCUT2D eigenvalue weighted by molar-refractivity contribution is 0.102. The van der Waals surface area contributed by atoms with Crippen molar-refractivity contribution in [3.05, 3.63) is 52.6 Å². The van der Waals surface area contributed by atoms with Crippen LogP contribution in [-0.2, 0) is 0 Å². The van der Waals surface area contributed by atoms with Crippen molar-refractivity contribution in [2.45, 2.75) is 19.8 Å². The molecule has 21 heavy (non-hydrogen) atoms. The van der Waals surface area contributed by atoms with E-state index in [0.717, 1.165) is 6.07 Å². The molecule has 1 heterocycles. The molecule has 2 aromatic rings. The van der Waals surface area contributed by atoms with Crippen LogP contribution in [0.1, 0.15) is 35.8 Å². The van der Waals surface area contributed by atoms with Crippen LogP contribution in [0.3, 0.4) is 0 Å². The predicted molar refractivity (Wildman–Crippen MR) is 79.4 cm³/mol. The SMILES string of the molecule is CC(C)c1cc(C(=O)Nc2ccc(O)c(F)c2)cc(Cl)n1. The lowest BCUT2D eigenvalue weighted by atomic mass is 10.1. The highest BCUT2D eigenvalue weighted by Crippen LogP contribution is 2.21. The smallest absolute Gasteiger partial charge is 0.255 e. The van der Waals surface area contributed by atoms with E-state index in [0.29, 0.717) is 11.3 Å². The van der Waals surface area contributed by atoms with E-state index in [1.165, 1.54) is 18.2 Å². The van der Waals surface area contributed by atoms with Crippen molar-refractivity contribution in [1.29, 1.82) is 0 Å². The number of pyridine rings is 1. The van der Waals surface area contributed by atoms with E-state index in [1.807, 2.05) is 13.8 Å². The molecular weight excluding hydrogens is 295 g/mol. The van der Waals surface area contributed by atoms with Gasteiger partial charge in [-0.3, -0.25) is 4.79 Å². The number of halogens is 2. The summed E-state index contributed by atoms with van der Waals surface area (Å²) < 4.78 is 13.2. The number of hydrogen-bond acceptors (Lipinski definition) is 3. The number of rotatable bonds is 3. The van der Waals surface area contributed by atoms with Crippen molar-refractivity contribution in [3.63, 3.8) is 0 Å². The quantitative estimate of drug-likeness (QED) is 0.666. The molecule has 0 aliphatic carbocycles. The van der Waals surface area contributed by atoms with E-state index in [9.17, 15) is 9.18 Å². The molecule has 0 fully saturated rings. The van der Waals surface area contributed by atoms with E-state index in [2.05, 4.69) is 10.3 Å². The lowest BCUT2D eigenvalue weighted by Gasteiger charge is -2.09. The maximum atomic E-state index is 13.2. The average molecular weight is 309 g/mol. The molecule has 0 saturated carbocycles. The van der Waals surface area contributed by atoms with Gasteiger partial charge in [-0.05, 0) is 30.2 Å². The monoisotopic (exact) mass is 308 g/mol. The third-order valence-corrected chi connectivity index (χ3v) is 3.07. The van der Waals surface area contributed by atoms with Crippen molar-refractivity contribution >= 4 is 23.2 Å². The zero-order chi connectivity index (χ0) is 15.6. The summed E-state index contributed by atoms with van der Waals surface area (Å²) >= 11 is 5.90. The second kappa shape index (κ2) is 6.10. The van der Waals surface area contributed by atoms with E-state index < -0.39 is 17.5 Å². The molecule has 0 bridgehead atoms. The molecule has 2 N–H and O–H groups in total. The van der Waals surface area contributed by atoms with Crippen molar-refractivity contribution in [2.24, 2.45) is 0 Å². The summed E-state index contributed by atoms with van der Waals surface area (Å²) in [5, 5.41) is 11.9. The van der Waals surface area contributed by atoms with Gasteiger partial charge in [-0.2, -0.15) is 0 Å². The van der Waals surface area contributed by atoms with Gasteiger partial charge in [0.15, 0.2) is 11.6 Å². The number of carbonyl (C=O) groups is 1. The molecule has 2 rings (SSSR count). The molecule has 6 heteroatoms. The van der Waals surface area contributed by atoms with Gasteiger partial charge in [0, 0.05) is 23.0 Å². The van der Waals surface area contributed by atoms with Crippen LogP contribution >= 0.6 is 11.6 Å². The van der Waals surface area contributed by atoms with Crippen molar-refractivity contribution < 1.29 is 14.3 Å². The standard InChI is InChI=1S/C15H14ClFN2O2/c1-8(2)12-5-9(6-14(16)19-12)15(21)18-10-3-4-13(20)11(17)7-10/h3-8,20H,1-2H3,(H,18,21). The van der Waals surface area contributed by atoms with Crippen LogP contribution in [0.15, 0.2) is 30.3 Å². The van der Waals surface area contributed by atoms with Gasteiger partial charge < -0.3 is 10.4 Å². The average Bonchev–Trinajstić information content (AvgIpc) is 2.42. The Bertz CT molecular complexity index is 689. The number of aromatic nitrogens is 1. The van der Waals surface area contributed by atoms with Crippen LogP contribution in [0.25, 0.3) is 0 Å². The van der Waals surface area contributed by atoms with E-state index in [1.54, 1.807) is 6.07 Å². The molecule has 1 aromatic heterocycles. The fourth-order valence-corrected chi connectivity index (χ4v) is 1.95. The summed E-state index contributed by atoms with van der Waals surface area (Å²) in [5.74, 6) is -1.57. The first-order valence-electron chi connectivity index (χ1n) is 6.34. The maximum absolute atomic E-state index is 13.2. The molecule has 1 aromatic carbocycles. The van der Waals surface area contributed by atoms with Gasteiger partial charge >= 0.3 is 0 Å². The van der Waals surface area contributed by atoms with Gasteiger partial charge in [-0.25, -0.2) is 9.37 Å². The Morgan fingerprint density at radius 2 is 2.05 bits per heavy atom. The van der Waals surface area contributed by atoms with Crippen LogP contribution in [0.2, 0.25) is 5.15 Å². The second-order valence-electron chi connectivity index (χ2n) is 4.88. The van der Waals surface area contributed by atoms with Crippen LogP contribution in [0, 0.1) is 5.82 Å². The maximum Gasteiger partial charge on any atom is 0.255 e. The fraction of sp³-hybridized carbons (Fsp3) is 0.200. The Morgan fingerprint density at radius 1 is 1.33 bits per heavy atom. The highest BCUT2D eigenvalue weighted by Gasteiger charge is 2.12. The first-order valence-corrected chi connectivity index (χ1v) is 6.72. The summed E-state index contributed by atoms with van der Waals surface area (Å²) in [6, 6.07) is 6.70. The Morgan fingerprint density at radius 3 is 2.67 bits per heavy atom. The van der Waals surface area contributed by atoms with Crippen LogP contribution in [-0.4, -0.2) is 16.0 Å². The lowest BCUT2D eigenvalue weighted by Crippen LogP contribution is -2.13. The Hall–Kier alpha value is -2.14. The number of nitrogens with one attached hydrogen (secondary N) is 1. The summed E-state index contributed by atoms with van der Waals surface area (Å²) in [5.41, 5.74) is 1.28. The molecule has 0 aliphatic heterocycles. The number of aromatic hydroxyl groups is 1. The summed E-state index contributed by atoms with van der Waals surface area (Å²) in [7, 11) is 0. The van der Waals surface area contributed by atoms with E-state index >= 15 is 0 Å². The van der Waals surface area contributed by atoms with Crippen molar-refractivity contribution in [3.8, 4) is 5.75 Å². The van der Waals surface area contributed by atoms with Crippen LogP contribution < -0.4 is 5.32 Å². The van der Waals surface area contributed by atoms with Crippen molar-refractivity contribution in [2.75, 3.05) is 5.32 Å². The number of benzene rings is 1. The predicted octanol–water partition coefficient (Wildman–Crippen LogP) is 3.96. The molecule has 0 atom stereocenters. The fourth-order valence-electron chi connectivity index (χ4n) is 1.73. The van der Waals surface area contributed by atoms with Crippen LogP contribution in [0.5, 0.6) is 5.75 Å². The number of phenols is 1. The molecule has 0 radical (unpaired) electrons. The molecule has 0 spiro atoms. The van der Waals surface area contributed by atoms with Gasteiger partial charge in [0.2, 0.25) is 0 Å². The number of nitrogens with zero attached hydrogens (tertiary/aromatic N) is 1. The molecule has 1 amide bonds. The van der Waals surface area contributed by atoms with Gasteiger partial charge in [0.05, 0.1) is 0 Å². The first kappa shape index (κ1) is 15.3. The molecule has 0 aliphatic rings. The third kappa shape index (κ3) is 3.70. The van der Waals surface area contributed by atoms with E-state index in [-0.39, 0.29) is 16.8 Å². The molecule has 110 valence electrons. The zero-order valence-electron chi connectivity index (χ0n) is 11.5. The normalized spacial score (nSPS) is 10.7. The second-order valence-corrected chi connectivity index (χ2v) is 5.27. The minimum atomic E-state index is -0.802. The number of carbonyl (C=O) groups excluding carboxylic acids is 1. The summed E-state index contributed by atoms with van der Waals surface area (Å²) in [4.78, 5) is 16.3. The molecule has 0 saturated heterocycles.